The van der Waals surface area contributed by atoms with Gasteiger partial charge < -0.3 is 15.8 Å². The van der Waals surface area contributed by atoms with Crippen molar-refractivity contribution in [3.63, 3.8) is 0 Å². The molecule has 100 valence electrons. The number of hydrogen-bond acceptors (Lipinski definition) is 4. The first kappa shape index (κ1) is 13.5. The van der Waals surface area contributed by atoms with Crippen molar-refractivity contribution in [3.05, 3.63) is 22.4 Å². The molecule has 0 spiro atoms. The van der Waals surface area contributed by atoms with Crippen molar-refractivity contribution < 1.29 is 9.53 Å². The van der Waals surface area contributed by atoms with E-state index in [0.717, 1.165) is 19.3 Å². The standard InChI is InChI=1S/C13H20N2O2S/c1-9(6-10-4-5-18-8-10)15-13(16)12-3-2-11(7-14)17-12/h4-5,8-9,11-12H,2-3,6-7,14H2,1H3,(H,15,16). The fourth-order valence-electron chi connectivity index (χ4n) is 2.22. The lowest BCUT2D eigenvalue weighted by atomic mass is 10.1. The summed E-state index contributed by atoms with van der Waals surface area (Å²) >= 11 is 1.68. The Balaban J connectivity index is 1.77. The first-order chi connectivity index (χ1) is 8.69. The number of rotatable bonds is 5. The Labute approximate surface area is 112 Å². The molecule has 5 heteroatoms. The van der Waals surface area contributed by atoms with Gasteiger partial charge in [0, 0.05) is 12.6 Å². The van der Waals surface area contributed by atoms with Crippen LogP contribution in [0.5, 0.6) is 0 Å². The maximum atomic E-state index is 12.0. The van der Waals surface area contributed by atoms with Gasteiger partial charge in [-0.1, -0.05) is 0 Å². The third-order valence-electron chi connectivity index (χ3n) is 3.17. The molecule has 1 aromatic rings. The average Bonchev–Trinajstić information content (AvgIpc) is 2.98. The highest BCUT2D eigenvalue weighted by Crippen LogP contribution is 2.19. The minimum atomic E-state index is -0.316. The van der Waals surface area contributed by atoms with Gasteiger partial charge in [0.05, 0.1) is 6.10 Å². The second-order valence-electron chi connectivity index (χ2n) is 4.81. The van der Waals surface area contributed by atoms with Crippen LogP contribution in [-0.2, 0) is 16.0 Å². The summed E-state index contributed by atoms with van der Waals surface area (Å²) in [5.74, 6) is -0.00585. The van der Waals surface area contributed by atoms with Gasteiger partial charge in [-0.25, -0.2) is 0 Å². The van der Waals surface area contributed by atoms with E-state index >= 15 is 0 Å². The van der Waals surface area contributed by atoms with Crippen LogP contribution in [0.15, 0.2) is 16.8 Å². The smallest absolute Gasteiger partial charge is 0.249 e. The molecule has 3 unspecified atom stereocenters. The molecule has 1 aliphatic heterocycles. The maximum absolute atomic E-state index is 12.0. The highest BCUT2D eigenvalue weighted by atomic mass is 32.1. The Kier molecular flexibility index (Phi) is 4.74. The lowest BCUT2D eigenvalue weighted by Gasteiger charge is -2.17. The summed E-state index contributed by atoms with van der Waals surface area (Å²) in [6.07, 6.45) is 2.26. The molecule has 0 saturated carbocycles. The molecule has 1 fully saturated rings. The predicted molar refractivity (Wildman–Crippen MR) is 72.6 cm³/mol. The number of nitrogens with one attached hydrogen (secondary N) is 1. The topological polar surface area (TPSA) is 64.4 Å². The van der Waals surface area contributed by atoms with Crippen LogP contribution in [0.3, 0.4) is 0 Å². The number of thiophene rings is 1. The summed E-state index contributed by atoms with van der Waals surface area (Å²) in [5, 5.41) is 7.17. The second-order valence-corrected chi connectivity index (χ2v) is 5.59. The van der Waals surface area contributed by atoms with Gasteiger partial charge in [0.25, 0.3) is 0 Å². The molecule has 4 nitrogen and oxygen atoms in total. The average molecular weight is 268 g/mol. The van der Waals surface area contributed by atoms with Gasteiger partial charge in [-0.3, -0.25) is 4.79 Å². The second kappa shape index (κ2) is 6.31. The van der Waals surface area contributed by atoms with E-state index in [1.807, 2.05) is 6.92 Å². The van der Waals surface area contributed by atoms with Crippen molar-refractivity contribution in [1.29, 1.82) is 0 Å². The van der Waals surface area contributed by atoms with Crippen LogP contribution in [0, 0.1) is 0 Å². The lowest BCUT2D eigenvalue weighted by molar-refractivity contribution is -0.132. The fraction of sp³-hybridized carbons (Fsp3) is 0.615. The Morgan fingerprint density at radius 1 is 1.67 bits per heavy atom. The monoisotopic (exact) mass is 268 g/mol. The maximum Gasteiger partial charge on any atom is 0.249 e. The van der Waals surface area contributed by atoms with E-state index in [-0.39, 0.29) is 24.2 Å². The summed E-state index contributed by atoms with van der Waals surface area (Å²) in [4.78, 5) is 12.0. The quantitative estimate of drug-likeness (QED) is 0.846. The third kappa shape index (κ3) is 3.54. The van der Waals surface area contributed by atoms with Gasteiger partial charge in [-0.05, 0) is 48.6 Å². The minimum Gasteiger partial charge on any atom is -0.364 e. The summed E-state index contributed by atoms with van der Waals surface area (Å²) in [6, 6.07) is 2.22. The molecule has 1 aliphatic rings. The minimum absolute atomic E-state index is 0.00585. The van der Waals surface area contributed by atoms with Crippen LogP contribution in [0.4, 0.5) is 0 Å². The van der Waals surface area contributed by atoms with E-state index < -0.39 is 0 Å². The number of carbonyl (C=O) groups is 1. The molecule has 1 aromatic heterocycles. The Hall–Kier alpha value is -0.910. The van der Waals surface area contributed by atoms with Crippen molar-refractivity contribution in [2.24, 2.45) is 5.73 Å². The molecule has 18 heavy (non-hydrogen) atoms. The van der Waals surface area contributed by atoms with Crippen LogP contribution >= 0.6 is 11.3 Å². The van der Waals surface area contributed by atoms with Crippen LogP contribution < -0.4 is 11.1 Å². The molecule has 3 N–H and O–H groups in total. The number of hydrogen-bond donors (Lipinski definition) is 2. The number of nitrogens with two attached hydrogens (primary N) is 1. The molecule has 0 aliphatic carbocycles. The van der Waals surface area contributed by atoms with E-state index in [0.29, 0.717) is 6.54 Å². The molecule has 2 heterocycles. The Morgan fingerprint density at radius 2 is 2.50 bits per heavy atom. The molecule has 3 atom stereocenters. The predicted octanol–water partition coefficient (Wildman–Crippen LogP) is 1.30. The van der Waals surface area contributed by atoms with Crippen LogP contribution in [0.2, 0.25) is 0 Å². The van der Waals surface area contributed by atoms with Gasteiger partial charge >= 0.3 is 0 Å². The van der Waals surface area contributed by atoms with E-state index in [9.17, 15) is 4.79 Å². The van der Waals surface area contributed by atoms with E-state index in [2.05, 4.69) is 22.1 Å². The normalized spacial score (nSPS) is 25.0. The molecule has 0 bridgehead atoms. The molecule has 0 aromatic carbocycles. The van der Waals surface area contributed by atoms with Gasteiger partial charge in [0.15, 0.2) is 0 Å². The molecule has 1 amide bonds. The van der Waals surface area contributed by atoms with Crippen LogP contribution in [0.25, 0.3) is 0 Å². The summed E-state index contributed by atoms with van der Waals surface area (Å²) in [7, 11) is 0. The Bertz CT molecular complexity index is 380. The molecule has 0 radical (unpaired) electrons. The zero-order chi connectivity index (χ0) is 13.0. The molecular formula is C13H20N2O2S. The van der Waals surface area contributed by atoms with Gasteiger partial charge in [0.1, 0.15) is 6.10 Å². The lowest BCUT2D eigenvalue weighted by Crippen LogP contribution is -2.41. The van der Waals surface area contributed by atoms with Crippen molar-refractivity contribution in [2.75, 3.05) is 6.54 Å². The van der Waals surface area contributed by atoms with Gasteiger partial charge in [0.2, 0.25) is 5.91 Å². The first-order valence-corrected chi connectivity index (χ1v) is 7.30. The SMILES string of the molecule is CC(Cc1ccsc1)NC(=O)C1CCC(CN)O1. The van der Waals surface area contributed by atoms with E-state index in [4.69, 9.17) is 10.5 Å². The van der Waals surface area contributed by atoms with Crippen molar-refractivity contribution in [2.45, 2.75) is 44.4 Å². The highest BCUT2D eigenvalue weighted by Gasteiger charge is 2.30. The summed E-state index contributed by atoms with van der Waals surface area (Å²) in [5.41, 5.74) is 6.80. The molecular weight excluding hydrogens is 248 g/mol. The third-order valence-corrected chi connectivity index (χ3v) is 3.91. The molecule has 2 rings (SSSR count). The number of amides is 1. The van der Waals surface area contributed by atoms with Gasteiger partial charge in [-0.15, -0.1) is 0 Å². The zero-order valence-corrected chi connectivity index (χ0v) is 11.4. The number of ether oxygens (including phenoxy) is 1. The van der Waals surface area contributed by atoms with E-state index in [1.54, 1.807) is 11.3 Å². The number of carbonyl (C=O) groups excluding carboxylic acids is 1. The van der Waals surface area contributed by atoms with Crippen LogP contribution in [-0.4, -0.2) is 30.7 Å². The van der Waals surface area contributed by atoms with Gasteiger partial charge in [-0.2, -0.15) is 11.3 Å². The highest BCUT2D eigenvalue weighted by molar-refractivity contribution is 7.07. The Morgan fingerprint density at radius 3 is 3.11 bits per heavy atom. The molecule has 1 saturated heterocycles. The largest absolute Gasteiger partial charge is 0.364 e. The van der Waals surface area contributed by atoms with Crippen molar-refractivity contribution in [3.8, 4) is 0 Å². The first-order valence-electron chi connectivity index (χ1n) is 6.36. The van der Waals surface area contributed by atoms with Crippen LogP contribution in [0.1, 0.15) is 25.3 Å². The van der Waals surface area contributed by atoms with Crippen molar-refractivity contribution >= 4 is 17.2 Å². The summed E-state index contributed by atoms with van der Waals surface area (Å²) in [6.45, 7) is 2.51. The summed E-state index contributed by atoms with van der Waals surface area (Å²) < 4.78 is 5.57. The van der Waals surface area contributed by atoms with E-state index in [1.165, 1.54) is 5.56 Å². The zero-order valence-electron chi connectivity index (χ0n) is 10.6. The van der Waals surface area contributed by atoms with Crippen molar-refractivity contribution in [1.82, 2.24) is 5.32 Å². The fourth-order valence-corrected chi connectivity index (χ4v) is 2.90.